The quantitative estimate of drug-likeness (QED) is 0.761. The predicted octanol–water partition coefficient (Wildman–Crippen LogP) is 2.62. The summed E-state index contributed by atoms with van der Waals surface area (Å²) in [5, 5.41) is 4.48. The molecule has 4 heteroatoms. The van der Waals surface area contributed by atoms with E-state index < -0.39 is 0 Å². The average Bonchev–Trinajstić information content (AvgIpc) is 2.92. The first-order chi connectivity index (χ1) is 8.21. The van der Waals surface area contributed by atoms with Crippen LogP contribution in [0.4, 0.5) is 0 Å². The number of aryl methyl sites for hydroxylation is 2. The molecule has 4 nitrogen and oxygen atoms in total. The molecule has 2 rings (SSSR count). The largest absolute Gasteiger partial charge is 0.453 e. The van der Waals surface area contributed by atoms with Crippen molar-refractivity contribution in [1.29, 1.82) is 0 Å². The highest BCUT2D eigenvalue weighted by Crippen LogP contribution is 2.29. The van der Waals surface area contributed by atoms with Gasteiger partial charge in [-0.05, 0) is 25.0 Å². The number of nitrogens with zero attached hydrogens (tertiary/aromatic N) is 2. The maximum Gasteiger partial charge on any atom is 0.185 e. The van der Waals surface area contributed by atoms with Gasteiger partial charge in [0.1, 0.15) is 5.76 Å². The zero-order chi connectivity index (χ0) is 12.4. The first-order valence-electron chi connectivity index (χ1n) is 5.81. The van der Waals surface area contributed by atoms with E-state index in [0.29, 0.717) is 5.76 Å². The summed E-state index contributed by atoms with van der Waals surface area (Å²) in [4.78, 5) is 10.7. The number of hydrogen-bond donors (Lipinski definition) is 0. The fraction of sp³-hybridized carbons (Fsp3) is 0.385. The zero-order valence-corrected chi connectivity index (χ0v) is 10.4. The van der Waals surface area contributed by atoms with Gasteiger partial charge in [0, 0.05) is 12.7 Å². The molecule has 0 aromatic carbocycles. The lowest BCUT2D eigenvalue weighted by Gasteiger charge is -2.01. The molecular formula is C13H16N2O2. The molecule has 0 aliphatic rings. The fourth-order valence-corrected chi connectivity index (χ4v) is 2.11. The average molecular weight is 232 g/mol. The molecule has 17 heavy (non-hydrogen) atoms. The lowest BCUT2D eigenvalue weighted by molar-refractivity contribution is 0.110. The van der Waals surface area contributed by atoms with E-state index >= 15 is 0 Å². The summed E-state index contributed by atoms with van der Waals surface area (Å²) < 4.78 is 7.38. The summed E-state index contributed by atoms with van der Waals surface area (Å²) in [7, 11) is 1.94. The van der Waals surface area contributed by atoms with Gasteiger partial charge in [-0.15, -0.1) is 0 Å². The number of carbonyl (C=O) groups is 1. The maximum atomic E-state index is 10.7. The van der Waals surface area contributed by atoms with Crippen molar-refractivity contribution in [2.24, 2.45) is 7.05 Å². The molecule has 0 atom stereocenters. The van der Waals surface area contributed by atoms with Gasteiger partial charge in [0.2, 0.25) is 0 Å². The van der Waals surface area contributed by atoms with Crippen LogP contribution in [0.5, 0.6) is 0 Å². The highest BCUT2D eigenvalue weighted by Gasteiger charge is 2.18. The van der Waals surface area contributed by atoms with E-state index in [-0.39, 0.29) is 0 Å². The Labute approximate surface area is 100 Å². The summed E-state index contributed by atoms with van der Waals surface area (Å²) in [6.07, 6.45) is 2.45. The van der Waals surface area contributed by atoms with E-state index in [9.17, 15) is 4.79 Å². The van der Waals surface area contributed by atoms with E-state index in [2.05, 4.69) is 18.9 Å². The van der Waals surface area contributed by atoms with Crippen molar-refractivity contribution in [3.8, 4) is 11.3 Å². The van der Waals surface area contributed by atoms with Gasteiger partial charge in [-0.1, -0.05) is 13.8 Å². The maximum absolute atomic E-state index is 10.7. The third kappa shape index (κ3) is 1.90. The van der Waals surface area contributed by atoms with Crippen molar-refractivity contribution in [2.45, 2.75) is 26.7 Å². The molecule has 0 N–H and O–H groups in total. The summed E-state index contributed by atoms with van der Waals surface area (Å²) in [6, 6.07) is 3.52. The Bertz CT molecular complexity index is 538. The van der Waals surface area contributed by atoms with Crippen LogP contribution in [0.1, 0.15) is 35.8 Å². The van der Waals surface area contributed by atoms with Crippen LogP contribution >= 0.6 is 0 Å². The molecule has 0 aliphatic heterocycles. The Kier molecular flexibility index (Phi) is 3.13. The lowest BCUT2D eigenvalue weighted by atomic mass is 10.1. The van der Waals surface area contributed by atoms with Gasteiger partial charge in [-0.2, -0.15) is 5.10 Å². The van der Waals surface area contributed by atoms with Crippen LogP contribution in [-0.4, -0.2) is 16.1 Å². The van der Waals surface area contributed by atoms with Crippen LogP contribution in [0.25, 0.3) is 11.3 Å². The van der Waals surface area contributed by atoms with Crippen LogP contribution in [0, 0.1) is 0 Å². The van der Waals surface area contributed by atoms with Gasteiger partial charge in [-0.25, -0.2) is 0 Å². The SMILES string of the molecule is CCc1nn(C)c(CC)c1-c1ccc(C=O)o1. The number of aromatic nitrogens is 2. The Morgan fingerprint density at radius 2 is 2.12 bits per heavy atom. The molecule has 2 heterocycles. The number of carbonyl (C=O) groups excluding carboxylic acids is 1. The molecule has 0 unspecified atom stereocenters. The van der Waals surface area contributed by atoms with E-state index in [0.717, 1.165) is 41.8 Å². The molecule has 0 aliphatic carbocycles. The minimum Gasteiger partial charge on any atom is -0.453 e. The van der Waals surface area contributed by atoms with Gasteiger partial charge in [-0.3, -0.25) is 9.48 Å². The molecule has 90 valence electrons. The normalized spacial score (nSPS) is 10.8. The van der Waals surface area contributed by atoms with Crippen molar-refractivity contribution < 1.29 is 9.21 Å². The third-order valence-corrected chi connectivity index (χ3v) is 2.90. The number of hydrogen-bond acceptors (Lipinski definition) is 3. The number of rotatable bonds is 4. The summed E-state index contributed by atoms with van der Waals surface area (Å²) in [5.41, 5.74) is 3.18. The molecular weight excluding hydrogens is 216 g/mol. The number of furan rings is 1. The molecule has 0 fully saturated rings. The second kappa shape index (κ2) is 4.57. The van der Waals surface area contributed by atoms with Crippen molar-refractivity contribution in [3.05, 3.63) is 29.3 Å². The van der Waals surface area contributed by atoms with Gasteiger partial charge in [0.15, 0.2) is 12.0 Å². The fourth-order valence-electron chi connectivity index (χ4n) is 2.11. The minimum atomic E-state index is 0.355. The van der Waals surface area contributed by atoms with Crippen LogP contribution in [-0.2, 0) is 19.9 Å². The second-order valence-corrected chi connectivity index (χ2v) is 3.92. The molecule has 0 spiro atoms. The highest BCUT2D eigenvalue weighted by molar-refractivity contribution is 5.73. The van der Waals surface area contributed by atoms with E-state index in [4.69, 9.17) is 4.42 Å². The van der Waals surface area contributed by atoms with Crippen LogP contribution in [0.2, 0.25) is 0 Å². The summed E-state index contributed by atoms with van der Waals surface area (Å²) >= 11 is 0. The van der Waals surface area contributed by atoms with Crippen molar-refractivity contribution in [1.82, 2.24) is 9.78 Å². The standard InChI is InChI=1S/C13H16N2O2/c1-4-10-13(11(5-2)15(3)14-10)12-7-6-9(8-16)17-12/h6-8H,4-5H2,1-3H3. The van der Waals surface area contributed by atoms with Crippen molar-refractivity contribution in [3.63, 3.8) is 0 Å². The third-order valence-electron chi connectivity index (χ3n) is 2.90. The van der Waals surface area contributed by atoms with Crippen LogP contribution in [0.15, 0.2) is 16.5 Å². The van der Waals surface area contributed by atoms with E-state index in [1.54, 1.807) is 6.07 Å². The minimum absolute atomic E-state index is 0.355. The molecule has 0 radical (unpaired) electrons. The van der Waals surface area contributed by atoms with Gasteiger partial charge >= 0.3 is 0 Å². The topological polar surface area (TPSA) is 48.0 Å². The smallest absolute Gasteiger partial charge is 0.185 e. The molecule has 2 aromatic heterocycles. The van der Waals surface area contributed by atoms with E-state index in [1.807, 2.05) is 17.8 Å². The van der Waals surface area contributed by atoms with Crippen molar-refractivity contribution >= 4 is 6.29 Å². The summed E-state index contributed by atoms with van der Waals surface area (Å²) in [6.45, 7) is 4.15. The summed E-state index contributed by atoms with van der Waals surface area (Å²) in [5.74, 6) is 1.09. The molecule has 0 amide bonds. The molecule has 0 saturated heterocycles. The predicted molar refractivity (Wildman–Crippen MR) is 65.1 cm³/mol. The molecule has 2 aromatic rings. The van der Waals surface area contributed by atoms with Gasteiger partial charge < -0.3 is 4.42 Å². The Morgan fingerprint density at radius 3 is 2.65 bits per heavy atom. The van der Waals surface area contributed by atoms with Gasteiger partial charge in [0.25, 0.3) is 0 Å². The monoisotopic (exact) mass is 232 g/mol. The van der Waals surface area contributed by atoms with Crippen LogP contribution in [0.3, 0.4) is 0 Å². The number of aldehydes is 1. The molecule has 0 bridgehead atoms. The Morgan fingerprint density at radius 1 is 1.35 bits per heavy atom. The lowest BCUT2D eigenvalue weighted by Crippen LogP contribution is -1.96. The van der Waals surface area contributed by atoms with Crippen LogP contribution < -0.4 is 0 Å². The Balaban J connectivity index is 2.59. The first kappa shape index (κ1) is 11.6. The highest BCUT2D eigenvalue weighted by atomic mass is 16.3. The zero-order valence-electron chi connectivity index (χ0n) is 10.4. The first-order valence-corrected chi connectivity index (χ1v) is 5.81. The second-order valence-electron chi connectivity index (χ2n) is 3.92. The Hall–Kier alpha value is -1.84. The van der Waals surface area contributed by atoms with Crippen molar-refractivity contribution in [2.75, 3.05) is 0 Å². The van der Waals surface area contributed by atoms with Gasteiger partial charge in [0.05, 0.1) is 11.3 Å². The van der Waals surface area contributed by atoms with E-state index in [1.165, 1.54) is 0 Å². The molecule has 0 saturated carbocycles.